The number of hydrogen-bond acceptors (Lipinski definition) is 7. The zero-order chi connectivity index (χ0) is 25.8. The number of fused-ring (bicyclic) bond motifs is 3. The molecule has 0 bridgehead atoms. The average molecular weight is 516 g/mol. The molecular weight excluding hydrogens is 490 g/mol. The summed E-state index contributed by atoms with van der Waals surface area (Å²) < 4.78 is 0. The number of carbonyl (C=O) groups excluding carboxylic acids is 3. The number of carbonyl (C=O) groups is 3. The van der Waals surface area contributed by atoms with Gasteiger partial charge < -0.3 is 10.6 Å². The number of amides is 3. The third-order valence-corrected chi connectivity index (χ3v) is 6.75. The van der Waals surface area contributed by atoms with Crippen LogP contribution in [0.4, 0.5) is 11.5 Å². The summed E-state index contributed by atoms with van der Waals surface area (Å²) in [5, 5.41) is 12.7. The van der Waals surface area contributed by atoms with Crippen LogP contribution in [0.25, 0.3) is 0 Å². The Bertz CT molecular complexity index is 1400. The van der Waals surface area contributed by atoms with E-state index in [1.807, 2.05) is 61.5 Å². The van der Waals surface area contributed by atoms with E-state index in [9.17, 15) is 14.4 Å². The van der Waals surface area contributed by atoms with Crippen LogP contribution in [0.15, 0.2) is 70.6 Å². The molecule has 0 aliphatic carbocycles. The van der Waals surface area contributed by atoms with Crippen LogP contribution >= 0.6 is 11.8 Å². The SMILES string of the molecule is Cc1cc(NC(=O)CSC2=Nc3ccccc3C3=N[C@H](CC(=O)NCCc4ccccc4)C(=O)N23)n[nH]1. The fraction of sp³-hybridized carbons (Fsp3) is 0.231. The van der Waals surface area contributed by atoms with Crippen molar-refractivity contribution in [1.82, 2.24) is 20.4 Å². The highest BCUT2D eigenvalue weighted by Gasteiger charge is 2.42. The minimum atomic E-state index is -0.857. The molecule has 0 unspecified atom stereocenters. The molecule has 5 rings (SSSR count). The summed E-state index contributed by atoms with van der Waals surface area (Å²) in [5.74, 6) is 0.0380. The number of anilines is 1. The standard InChI is InChI=1S/C26H25N7O3S/c1-16-13-21(32-31-16)30-23(35)15-37-26-29-19-10-6-5-9-18(19)24-28-20(25(36)33(24)26)14-22(34)27-12-11-17-7-3-2-4-8-17/h2-10,13,20H,11-12,14-15H2,1H3,(H,27,34)(H2,30,31,32,35)/t20-/m1/s1. The van der Waals surface area contributed by atoms with E-state index in [2.05, 4.69) is 30.8 Å². The first-order valence-corrected chi connectivity index (χ1v) is 12.8. The number of nitrogens with one attached hydrogen (secondary N) is 3. The molecule has 37 heavy (non-hydrogen) atoms. The topological polar surface area (TPSA) is 132 Å². The number of benzene rings is 2. The molecule has 1 aromatic heterocycles. The van der Waals surface area contributed by atoms with Gasteiger partial charge in [0.05, 0.1) is 17.9 Å². The van der Waals surface area contributed by atoms with E-state index >= 15 is 0 Å². The summed E-state index contributed by atoms with van der Waals surface area (Å²) in [7, 11) is 0. The predicted octanol–water partition coefficient (Wildman–Crippen LogP) is 2.80. The number of aryl methyl sites for hydroxylation is 1. The molecule has 3 N–H and O–H groups in total. The van der Waals surface area contributed by atoms with E-state index in [0.29, 0.717) is 41.0 Å². The molecule has 0 radical (unpaired) electrons. The summed E-state index contributed by atoms with van der Waals surface area (Å²) in [4.78, 5) is 49.1. The van der Waals surface area contributed by atoms with Crippen molar-refractivity contribution in [2.24, 2.45) is 9.98 Å². The average Bonchev–Trinajstić information content (AvgIpc) is 3.45. The van der Waals surface area contributed by atoms with Crippen molar-refractivity contribution in [3.05, 3.63) is 77.5 Å². The third-order valence-electron chi connectivity index (χ3n) is 5.81. The van der Waals surface area contributed by atoms with Gasteiger partial charge in [-0.3, -0.25) is 24.5 Å². The van der Waals surface area contributed by atoms with Crippen LogP contribution in [0.1, 0.15) is 23.2 Å². The second-order valence-corrected chi connectivity index (χ2v) is 9.56. The highest BCUT2D eigenvalue weighted by atomic mass is 32.2. The van der Waals surface area contributed by atoms with Gasteiger partial charge in [-0.25, -0.2) is 9.89 Å². The number of aliphatic imine (C=N–C) groups is 2. The molecule has 0 saturated carbocycles. The lowest BCUT2D eigenvalue weighted by Crippen LogP contribution is -2.42. The first kappa shape index (κ1) is 24.4. The van der Waals surface area contributed by atoms with Crippen molar-refractivity contribution >= 4 is 52.0 Å². The maximum Gasteiger partial charge on any atom is 0.259 e. The zero-order valence-electron chi connectivity index (χ0n) is 20.1. The maximum atomic E-state index is 13.4. The van der Waals surface area contributed by atoms with Gasteiger partial charge in [-0.1, -0.05) is 54.2 Å². The molecule has 0 fully saturated rings. The van der Waals surface area contributed by atoms with Crippen molar-refractivity contribution < 1.29 is 14.4 Å². The fourth-order valence-corrected chi connectivity index (χ4v) is 4.86. The first-order chi connectivity index (χ1) is 18.0. The lowest BCUT2D eigenvalue weighted by Gasteiger charge is -2.25. The molecule has 2 aliphatic heterocycles. The van der Waals surface area contributed by atoms with Crippen LogP contribution in [-0.4, -0.2) is 62.2 Å². The van der Waals surface area contributed by atoms with Crippen molar-refractivity contribution in [2.75, 3.05) is 17.6 Å². The van der Waals surface area contributed by atoms with Crippen LogP contribution in [0.2, 0.25) is 0 Å². The van der Waals surface area contributed by atoms with E-state index in [-0.39, 0.29) is 29.9 Å². The monoisotopic (exact) mass is 515 g/mol. The summed E-state index contributed by atoms with van der Waals surface area (Å²) in [6.07, 6.45) is 0.638. The molecule has 11 heteroatoms. The molecule has 0 spiro atoms. The van der Waals surface area contributed by atoms with E-state index < -0.39 is 6.04 Å². The van der Waals surface area contributed by atoms with Gasteiger partial charge in [0, 0.05) is 23.9 Å². The Hall–Kier alpha value is -4.25. The number of thioether (sulfide) groups is 1. The lowest BCUT2D eigenvalue weighted by molar-refractivity contribution is -0.128. The van der Waals surface area contributed by atoms with Crippen LogP contribution in [0.5, 0.6) is 0 Å². The fourth-order valence-electron chi connectivity index (χ4n) is 4.06. The third kappa shape index (κ3) is 5.61. The van der Waals surface area contributed by atoms with Gasteiger partial charge in [0.1, 0.15) is 11.9 Å². The first-order valence-electron chi connectivity index (χ1n) is 11.8. The number of hydrogen-bond donors (Lipinski definition) is 3. The lowest BCUT2D eigenvalue weighted by atomic mass is 10.1. The van der Waals surface area contributed by atoms with Crippen molar-refractivity contribution in [3.63, 3.8) is 0 Å². The predicted molar refractivity (Wildman–Crippen MR) is 143 cm³/mol. The highest BCUT2D eigenvalue weighted by Crippen LogP contribution is 2.34. The number of para-hydroxylation sites is 1. The molecule has 2 aliphatic rings. The maximum absolute atomic E-state index is 13.4. The molecule has 188 valence electrons. The number of aromatic nitrogens is 2. The smallest absolute Gasteiger partial charge is 0.259 e. The molecule has 3 heterocycles. The van der Waals surface area contributed by atoms with Gasteiger partial charge in [-0.15, -0.1) is 0 Å². The van der Waals surface area contributed by atoms with Crippen molar-refractivity contribution in [2.45, 2.75) is 25.8 Å². The van der Waals surface area contributed by atoms with Crippen molar-refractivity contribution in [3.8, 4) is 0 Å². The van der Waals surface area contributed by atoms with Gasteiger partial charge in [0.15, 0.2) is 11.0 Å². The minimum Gasteiger partial charge on any atom is -0.356 e. The van der Waals surface area contributed by atoms with E-state index in [0.717, 1.165) is 23.0 Å². The Balaban J connectivity index is 1.25. The van der Waals surface area contributed by atoms with E-state index in [1.54, 1.807) is 6.07 Å². The number of rotatable bonds is 8. The summed E-state index contributed by atoms with van der Waals surface area (Å²) in [6, 6.07) is 18.1. The normalized spacial score (nSPS) is 16.0. The number of H-pyrrole nitrogens is 1. The van der Waals surface area contributed by atoms with Crippen LogP contribution in [0, 0.1) is 6.92 Å². The molecule has 10 nitrogen and oxygen atoms in total. The van der Waals surface area contributed by atoms with Crippen LogP contribution in [0.3, 0.4) is 0 Å². The second kappa shape index (κ2) is 10.8. The summed E-state index contributed by atoms with van der Waals surface area (Å²) in [6.45, 7) is 2.31. The second-order valence-electron chi connectivity index (χ2n) is 8.62. The quantitative estimate of drug-likeness (QED) is 0.425. The molecule has 3 aromatic rings. The summed E-state index contributed by atoms with van der Waals surface area (Å²) in [5.41, 5.74) is 3.32. The number of nitrogens with zero attached hydrogens (tertiary/aromatic N) is 4. The molecular formula is C26H25N7O3S. The van der Waals surface area contributed by atoms with Crippen LogP contribution in [-0.2, 0) is 20.8 Å². The van der Waals surface area contributed by atoms with Gasteiger partial charge in [-0.2, -0.15) is 5.10 Å². The molecule has 3 amide bonds. The Morgan fingerprint density at radius 2 is 1.86 bits per heavy atom. The minimum absolute atomic E-state index is 0.0224. The van der Waals surface area contributed by atoms with Crippen LogP contribution < -0.4 is 10.6 Å². The Morgan fingerprint density at radius 1 is 1.08 bits per heavy atom. The zero-order valence-corrected chi connectivity index (χ0v) is 20.9. The van der Waals surface area contributed by atoms with E-state index in [1.165, 1.54) is 4.90 Å². The summed E-state index contributed by atoms with van der Waals surface area (Å²) >= 11 is 1.13. The Labute approximate surface area is 217 Å². The molecule has 2 aromatic carbocycles. The number of aromatic amines is 1. The van der Waals surface area contributed by atoms with Crippen molar-refractivity contribution in [1.29, 1.82) is 0 Å². The van der Waals surface area contributed by atoms with Gasteiger partial charge in [0.25, 0.3) is 5.91 Å². The van der Waals surface area contributed by atoms with Gasteiger partial charge >= 0.3 is 0 Å². The highest BCUT2D eigenvalue weighted by molar-refractivity contribution is 8.14. The number of amidine groups is 2. The Morgan fingerprint density at radius 3 is 2.65 bits per heavy atom. The molecule has 0 saturated heterocycles. The molecule has 1 atom stereocenters. The largest absolute Gasteiger partial charge is 0.356 e. The van der Waals surface area contributed by atoms with Gasteiger partial charge in [-0.05, 0) is 31.0 Å². The van der Waals surface area contributed by atoms with E-state index in [4.69, 9.17) is 0 Å². The van der Waals surface area contributed by atoms with Gasteiger partial charge in [0.2, 0.25) is 11.8 Å². The Kier molecular flexibility index (Phi) is 7.13.